The van der Waals surface area contributed by atoms with Crippen LogP contribution in [0.4, 0.5) is 4.79 Å². The standard InChI is InChI=1S/C16H30N4O4/c1-3-14-18-15(19-24-14)10-4-5-11-12(9-23-13(11)8-10)17-16(22)20(2)6-7-21/h10-15,18-19,21H,3-9H2,1-2H3,(H,17,22)/t10?,11?,12-,13?,14?,15?/m1/s1. The second kappa shape index (κ2) is 7.97. The summed E-state index contributed by atoms with van der Waals surface area (Å²) < 4.78 is 5.97. The summed E-state index contributed by atoms with van der Waals surface area (Å²) in [5, 5.41) is 15.5. The van der Waals surface area contributed by atoms with E-state index >= 15 is 0 Å². The number of ether oxygens (including phenoxy) is 1. The van der Waals surface area contributed by atoms with Gasteiger partial charge in [-0.3, -0.25) is 10.2 Å². The molecule has 24 heavy (non-hydrogen) atoms. The molecule has 4 N–H and O–H groups in total. The van der Waals surface area contributed by atoms with Crippen LogP contribution in [-0.2, 0) is 9.57 Å². The summed E-state index contributed by atoms with van der Waals surface area (Å²) in [5.41, 5.74) is 3.11. The Morgan fingerprint density at radius 2 is 2.25 bits per heavy atom. The number of hydrogen-bond donors (Lipinski definition) is 4. The number of urea groups is 1. The van der Waals surface area contributed by atoms with Crippen molar-refractivity contribution in [1.82, 2.24) is 21.0 Å². The second-order valence-corrected chi connectivity index (χ2v) is 7.09. The lowest BCUT2D eigenvalue weighted by atomic mass is 9.77. The topological polar surface area (TPSA) is 95.1 Å². The number of likely N-dealkylation sites (N-methyl/N-ethyl adjacent to an activating group) is 1. The molecule has 2 aliphatic heterocycles. The predicted octanol–water partition coefficient (Wildman–Crippen LogP) is -0.00960. The largest absolute Gasteiger partial charge is 0.395 e. The molecule has 2 amide bonds. The smallest absolute Gasteiger partial charge is 0.317 e. The minimum atomic E-state index is -0.140. The second-order valence-electron chi connectivity index (χ2n) is 7.09. The van der Waals surface area contributed by atoms with Gasteiger partial charge in [-0.05, 0) is 31.6 Å². The number of aliphatic hydroxyl groups is 1. The number of rotatable bonds is 5. The normalized spacial score (nSPS) is 38.8. The van der Waals surface area contributed by atoms with Crippen molar-refractivity contribution in [2.75, 3.05) is 26.8 Å². The fourth-order valence-electron chi connectivity index (χ4n) is 4.02. The zero-order chi connectivity index (χ0) is 17.1. The van der Waals surface area contributed by atoms with E-state index in [1.807, 2.05) is 0 Å². The molecule has 3 rings (SSSR count). The molecule has 0 aromatic heterocycles. The molecule has 0 radical (unpaired) electrons. The van der Waals surface area contributed by atoms with E-state index in [0.29, 0.717) is 25.0 Å². The molecule has 0 aromatic carbocycles. The fraction of sp³-hybridized carbons (Fsp3) is 0.938. The number of nitrogens with one attached hydrogen (secondary N) is 3. The van der Waals surface area contributed by atoms with Crippen molar-refractivity contribution in [2.45, 2.75) is 57.1 Å². The summed E-state index contributed by atoms with van der Waals surface area (Å²) in [5.74, 6) is 0.853. The molecule has 3 fully saturated rings. The first kappa shape index (κ1) is 17.9. The summed E-state index contributed by atoms with van der Waals surface area (Å²) in [4.78, 5) is 19.1. The molecule has 1 aliphatic carbocycles. The molecule has 6 atom stereocenters. The molecule has 1 saturated carbocycles. The van der Waals surface area contributed by atoms with E-state index < -0.39 is 0 Å². The van der Waals surface area contributed by atoms with Crippen LogP contribution in [0.1, 0.15) is 32.6 Å². The molecule has 2 saturated heterocycles. The van der Waals surface area contributed by atoms with Gasteiger partial charge >= 0.3 is 6.03 Å². The van der Waals surface area contributed by atoms with Crippen molar-refractivity contribution in [3.05, 3.63) is 0 Å². The highest BCUT2D eigenvalue weighted by molar-refractivity contribution is 5.74. The number of amides is 2. The van der Waals surface area contributed by atoms with Crippen molar-refractivity contribution in [3.63, 3.8) is 0 Å². The summed E-state index contributed by atoms with van der Waals surface area (Å²) >= 11 is 0. The maximum atomic E-state index is 12.1. The number of carbonyl (C=O) groups excluding carboxylic acids is 1. The van der Waals surface area contributed by atoms with Gasteiger partial charge in [0.2, 0.25) is 0 Å². The van der Waals surface area contributed by atoms with Crippen LogP contribution in [0, 0.1) is 11.8 Å². The van der Waals surface area contributed by atoms with E-state index in [0.717, 1.165) is 25.7 Å². The number of aliphatic hydroxyl groups excluding tert-OH is 1. The lowest BCUT2D eigenvalue weighted by Crippen LogP contribution is -2.49. The summed E-state index contributed by atoms with van der Waals surface area (Å²) in [6.45, 7) is 2.98. The lowest BCUT2D eigenvalue weighted by Gasteiger charge is -2.35. The van der Waals surface area contributed by atoms with E-state index in [4.69, 9.17) is 14.7 Å². The van der Waals surface area contributed by atoms with Crippen LogP contribution < -0.4 is 16.1 Å². The maximum Gasteiger partial charge on any atom is 0.317 e. The number of hydroxylamine groups is 1. The summed E-state index contributed by atoms with van der Waals surface area (Å²) in [6.07, 6.45) is 4.52. The van der Waals surface area contributed by atoms with Crippen LogP contribution in [0.2, 0.25) is 0 Å². The van der Waals surface area contributed by atoms with Crippen molar-refractivity contribution >= 4 is 6.03 Å². The van der Waals surface area contributed by atoms with Crippen LogP contribution in [0.3, 0.4) is 0 Å². The molecular weight excluding hydrogens is 312 g/mol. The maximum absolute atomic E-state index is 12.1. The van der Waals surface area contributed by atoms with Crippen LogP contribution in [0.5, 0.6) is 0 Å². The van der Waals surface area contributed by atoms with E-state index in [1.165, 1.54) is 4.90 Å². The average Bonchev–Trinajstić information content (AvgIpc) is 3.21. The highest BCUT2D eigenvalue weighted by Crippen LogP contribution is 2.39. The molecule has 8 heteroatoms. The number of fused-ring (bicyclic) bond motifs is 1. The first-order chi connectivity index (χ1) is 11.6. The SMILES string of the molecule is CCC1NC(C2CCC3C(C2)OC[C@H]3NC(=O)N(C)CCO)NO1. The van der Waals surface area contributed by atoms with Gasteiger partial charge in [-0.15, -0.1) is 0 Å². The average molecular weight is 342 g/mol. The molecule has 3 aliphatic rings. The first-order valence-electron chi connectivity index (χ1n) is 9.03. The Morgan fingerprint density at radius 1 is 1.42 bits per heavy atom. The monoisotopic (exact) mass is 342 g/mol. The fourth-order valence-corrected chi connectivity index (χ4v) is 4.02. The highest BCUT2D eigenvalue weighted by atomic mass is 16.7. The van der Waals surface area contributed by atoms with Crippen molar-refractivity contribution in [1.29, 1.82) is 0 Å². The molecule has 138 valence electrons. The zero-order valence-electron chi connectivity index (χ0n) is 14.5. The van der Waals surface area contributed by atoms with Gasteiger partial charge in [-0.25, -0.2) is 4.79 Å². The van der Waals surface area contributed by atoms with Gasteiger partial charge in [0.1, 0.15) is 6.23 Å². The number of carbonyl (C=O) groups is 1. The van der Waals surface area contributed by atoms with Gasteiger partial charge in [0, 0.05) is 19.5 Å². The van der Waals surface area contributed by atoms with Gasteiger partial charge in [-0.2, -0.15) is 5.48 Å². The highest BCUT2D eigenvalue weighted by Gasteiger charge is 2.45. The van der Waals surface area contributed by atoms with Crippen molar-refractivity contribution in [2.24, 2.45) is 11.8 Å². The van der Waals surface area contributed by atoms with Gasteiger partial charge in [0.05, 0.1) is 31.5 Å². The first-order valence-corrected chi connectivity index (χ1v) is 9.03. The van der Waals surface area contributed by atoms with E-state index in [9.17, 15) is 4.79 Å². The van der Waals surface area contributed by atoms with E-state index in [-0.39, 0.29) is 37.2 Å². The Bertz CT molecular complexity index is 438. The molecule has 5 unspecified atom stereocenters. The molecule has 2 heterocycles. The Kier molecular flexibility index (Phi) is 5.93. The quantitative estimate of drug-likeness (QED) is 0.561. The van der Waals surface area contributed by atoms with Crippen LogP contribution in [0.15, 0.2) is 0 Å². The Labute approximate surface area is 143 Å². The molecule has 8 nitrogen and oxygen atoms in total. The minimum absolute atomic E-state index is 0.0268. The number of hydrogen-bond acceptors (Lipinski definition) is 6. The van der Waals surface area contributed by atoms with Crippen LogP contribution in [0.25, 0.3) is 0 Å². The Balaban J connectivity index is 1.49. The van der Waals surface area contributed by atoms with E-state index in [2.05, 4.69) is 23.0 Å². The summed E-state index contributed by atoms with van der Waals surface area (Å²) in [7, 11) is 1.69. The van der Waals surface area contributed by atoms with Crippen LogP contribution in [-0.4, -0.2) is 67.4 Å². The zero-order valence-corrected chi connectivity index (χ0v) is 14.5. The lowest BCUT2D eigenvalue weighted by molar-refractivity contribution is 0.00265. The minimum Gasteiger partial charge on any atom is -0.395 e. The van der Waals surface area contributed by atoms with Gasteiger partial charge in [0.15, 0.2) is 0 Å². The molecular formula is C16H30N4O4. The molecule has 0 bridgehead atoms. The van der Waals surface area contributed by atoms with Gasteiger partial charge < -0.3 is 20.1 Å². The predicted molar refractivity (Wildman–Crippen MR) is 87.8 cm³/mol. The molecule has 0 aromatic rings. The Morgan fingerprint density at radius 3 is 2.96 bits per heavy atom. The van der Waals surface area contributed by atoms with Gasteiger partial charge in [0.25, 0.3) is 0 Å². The third-order valence-electron chi connectivity index (χ3n) is 5.53. The Hall–Kier alpha value is -0.930. The third kappa shape index (κ3) is 3.83. The molecule has 0 spiro atoms. The summed E-state index contributed by atoms with van der Waals surface area (Å²) in [6, 6.07) is -0.0764. The van der Waals surface area contributed by atoms with E-state index in [1.54, 1.807) is 7.05 Å². The third-order valence-corrected chi connectivity index (χ3v) is 5.53. The van der Waals surface area contributed by atoms with Crippen molar-refractivity contribution < 1.29 is 19.5 Å². The van der Waals surface area contributed by atoms with Crippen molar-refractivity contribution in [3.8, 4) is 0 Å². The van der Waals surface area contributed by atoms with Gasteiger partial charge in [-0.1, -0.05) is 6.92 Å². The number of nitrogens with zero attached hydrogens (tertiary/aromatic N) is 1. The van der Waals surface area contributed by atoms with Crippen LogP contribution >= 0.6 is 0 Å².